The Morgan fingerprint density at radius 3 is 2.87 bits per heavy atom. The predicted octanol–water partition coefficient (Wildman–Crippen LogP) is 2.63. The van der Waals surface area contributed by atoms with Crippen molar-refractivity contribution in [2.45, 2.75) is 37.8 Å². The Morgan fingerprint density at radius 2 is 2.22 bits per heavy atom. The minimum atomic E-state index is -3.70. The van der Waals surface area contributed by atoms with Crippen LogP contribution in [0.15, 0.2) is 24.3 Å². The molecule has 1 unspecified atom stereocenters. The lowest BCUT2D eigenvalue weighted by Crippen LogP contribution is -2.40. The molecule has 1 aromatic carbocycles. The highest BCUT2D eigenvalue weighted by molar-refractivity contribution is 6.30. The molecule has 6 nitrogen and oxygen atoms in total. The summed E-state index contributed by atoms with van der Waals surface area (Å²) in [5, 5.41) is 13.6. The van der Waals surface area contributed by atoms with Crippen LogP contribution in [0.3, 0.4) is 0 Å². The van der Waals surface area contributed by atoms with Crippen LogP contribution in [0, 0.1) is 0 Å². The summed E-state index contributed by atoms with van der Waals surface area (Å²) in [4.78, 5) is 12.0. The van der Waals surface area contributed by atoms with Crippen LogP contribution in [0.1, 0.15) is 43.2 Å². The number of nitrogens with one attached hydrogen (secondary N) is 1. The summed E-state index contributed by atoms with van der Waals surface area (Å²) in [7, 11) is 0. The first kappa shape index (κ1) is 15.8. The SMILES string of the molecule is CC(NC(=O)C(F)(F)c1cccc(Cl)c1)c1nnnn1C1CC1. The van der Waals surface area contributed by atoms with E-state index in [0.29, 0.717) is 5.82 Å². The zero-order valence-electron chi connectivity index (χ0n) is 12.2. The van der Waals surface area contributed by atoms with Gasteiger partial charge >= 0.3 is 5.92 Å². The van der Waals surface area contributed by atoms with Crippen LogP contribution in [0.5, 0.6) is 0 Å². The Morgan fingerprint density at radius 1 is 1.48 bits per heavy atom. The maximum atomic E-state index is 14.3. The van der Waals surface area contributed by atoms with Crippen LogP contribution in [0.4, 0.5) is 8.78 Å². The molecule has 3 rings (SSSR count). The van der Waals surface area contributed by atoms with E-state index >= 15 is 0 Å². The summed E-state index contributed by atoms with van der Waals surface area (Å²) in [5.74, 6) is -4.75. The third-order valence-electron chi connectivity index (χ3n) is 3.62. The minimum absolute atomic E-state index is 0.140. The van der Waals surface area contributed by atoms with Gasteiger partial charge in [-0.1, -0.05) is 23.7 Å². The number of amides is 1. The van der Waals surface area contributed by atoms with Crippen molar-refractivity contribution in [3.63, 3.8) is 0 Å². The zero-order valence-corrected chi connectivity index (χ0v) is 13.0. The standard InChI is InChI=1S/C14H14ClF2N5O/c1-8(12-19-20-21-22(12)11-5-6-11)18-13(23)14(16,17)9-3-2-4-10(15)7-9/h2-4,7-8,11H,5-6H2,1H3,(H,18,23). The molecule has 1 atom stereocenters. The topological polar surface area (TPSA) is 72.7 Å². The number of carbonyl (C=O) groups excluding carboxylic acids is 1. The van der Waals surface area contributed by atoms with Gasteiger partial charge in [0, 0.05) is 10.6 Å². The number of hydrogen-bond donors (Lipinski definition) is 1. The Labute approximate surface area is 135 Å². The fourth-order valence-electron chi connectivity index (χ4n) is 2.23. The van der Waals surface area contributed by atoms with Crippen molar-refractivity contribution >= 4 is 17.5 Å². The smallest absolute Gasteiger partial charge is 0.341 e. The van der Waals surface area contributed by atoms with E-state index in [1.54, 1.807) is 11.6 Å². The number of benzene rings is 1. The number of nitrogens with zero attached hydrogens (tertiary/aromatic N) is 4. The number of aromatic nitrogens is 4. The van der Waals surface area contributed by atoms with Crippen molar-refractivity contribution in [2.75, 3.05) is 0 Å². The van der Waals surface area contributed by atoms with E-state index in [2.05, 4.69) is 20.8 Å². The quantitative estimate of drug-likeness (QED) is 0.907. The Bertz CT molecular complexity index is 731. The van der Waals surface area contributed by atoms with Gasteiger partial charge in [-0.3, -0.25) is 4.79 Å². The van der Waals surface area contributed by atoms with Gasteiger partial charge in [-0.15, -0.1) is 5.10 Å². The molecule has 23 heavy (non-hydrogen) atoms. The molecule has 0 spiro atoms. The number of halogens is 3. The lowest BCUT2D eigenvalue weighted by molar-refractivity contribution is -0.147. The Balaban J connectivity index is 1.76. The normalized spacial score (nSPS) is 16.2. The maximum absolute atomic E-state index is 14.3. The molecule has 0 radical (unpaired) electrons. The van der Waals surface area contributed by atoms with Crippen LogP contribution in [-0.2, 0) is 10.7 Å². The van der Waals surface area contributed by atoms with E-state index < -0.39 is 23.4 Å². The fraction of sp³-hybridized carbons (Fsp3) is 0.429. The zero-order chi connectivity index (χ0) is 16.6. The van der Waals surface area contributed by atoms with Crippen molar-refractivity contribution in [1.29, 1.82) is 0 Å². The number of rotatable bonds is 5. The van der Waals surface area contributed by atoms with Gasteiger partial charge in [0.25, 0.3) is 5.91 Å². The van der Waals surface area contributed by atoms with E-state index in [1.165, 1.54) is 12.1 Å². The Kier molecular flexibility index (Phi) is 4.01. The van der Waals surface area contributed by atoms with E-state index in [0.717, 1.165) is 25.0 Å². The summed E-state index contributed by atoms with van der Waals surface area (Å²) in [6, 6.07) is 4.52. The van der Waals surface area contributed by atoms with Gasteiger partial charge in [0.15, 0.2) is 5.82 Å². The molecule has 0 saturated heterocycles. The molecular weight excluding hydrogens is 328 g/mol. The van der Waals surface area contributed by atoms with Crippen molar-refractivity contribution in [3.8, 4) is 0 Å². The summed E-state index contributed by atoms with van der Waals surface area (Å²) < 4.78 is 30.1. The number of alkyl halides is 2. The van der Waals surface area contributed by atoms with E-state index in [9.17, 15) is 13.6 Å². The van der Waals surface area contributed by atoms with E-state index in [4.69, 9.17) is 11.6 Å². The first-order chi connectivity index (χ1) is 10.9. The van der Waals surface area contributed by atoms with Crippen LogP contribution < -0.4 is 5.32 Å². The molecule has 1 heterocycles. The molecule has 1 aliphatic carbocycles. The monoisotopic (exact) mass is 341 g/mol. The van der Waals surface area contributed by atoms with Gasteiger partial charge in [0.05, 0.1) is 12.1 Å². The second-order valence-corrected chi connectivity index (χ2v) is 5.93. The third kappa shape index (κ3) is 3.17. The summed E-state index contributed by atoms with van der Waals surface area (Å²) in [5.41, 5.74) is -0.462. The lowest BCUT2D eigenvalue weighted by atomic mass is 10.1. The van der Waals surface area contributed by atoms with Gasteiger partial charge in [0.1, 0.15) is 0 Å². The summed E-state index contributed by atoms with van der Waals surface area (Å²) >= 11 is 5.71. The molecule has 1 aliphatic rings. The van der Waals surface area contributed by atoms with Gasteiger partial charge in [0.2, 0.25) is 0 Å². The van der Waals surface area contributed by atoms with Gasteiger partial charge < -0.3 is 5.32 Å². The lowest BCUT2D eigenvalue weighted by Gasteiger charge is -2.19. The number of tetrazole rings is 1. The molecular formula is C14H14ClF2N5O. The van der Waals surface area contributed by atoms with Gasteiger partial charge in [-0.2, -0.15) is 8.78 Å². The van der Waals surface area contributed by atoms with Crippen LogP contribution in [0.2, 0.25) is 5.02 Å². The highest BCUT2D eigenvalue weighted by Crippen LogP contribution is 2.36. The van der Waals surface area contributed by atoms with Crippen molar-refractivity contribution in [1.82, 2.24) is 25.5 Å². The molecule has 9 heteroatoms. The van der Waals surface area contributed by atoms with Crippen LogP contribution in [-0.4, -0.2) is 26.1 Å². The van der Waals surface area contributed by atoms with Crippen molar-refractivity contribution in [2.24, 2.45) is 0 Å². The highest BCUT2D eigenvalue weighted by Gasteiger charge is 2.42. The minimum Gasteiger partial charge on any atom is -0.341 e. The van der Waals surface area contributed by atoms with Crippen molar-refractivity contribution in [3.05, 3.63) is 40.7 Å². The summed E-state index contributed by atoms with van der Waals surface area (Å²) in [6.45, 7) is 1.57. The average molecular weight is 342 g/mol. The van der Waals surface area contributed by atoms with E-state index in [-0.39, 0.29) is 11.1 Å². The molecule has 1 amide bonds. The van der Waals surface area contributed by atoms with Crippen LogP contribution >= 0.6 is 11.6 Å². The summed E-state index contributed by atoms with van der Waals surface area (Å²) in [6.07, 6.45) is 1.88. The average Bonchev–Trinajstić information content (AvgIpc) is 3.23. The fourth-order valence-corrected chi connectivity index (χ4v) is 2.42. The maximum Gasteiger partial charge on any atom is 0.349 e. The molecule has 1 aromatic heterocycles. The highest BCUT2D eigenvalue weighted by atomic mass is 35.5. The number of hydrogen-bond acceptors (Lipinski definition) is 4. The number of carbonyl (C=O) groups is 1. The van der Waals surface area contributed by atoms with E-state index in [1.807, 2.05) is 0 Å². The molecule has 0 aliphatic heterocycles. The first-order valence-corrected chi connectivity index (χ1v) is 7.50. The first-order valence-electron chi connectivity index (χ1n) is 7.12. The van der Waals surface area contributed by atoms with Gasteiger partial charge in [-0.25, -0.2) is 4.68 Å². The second-order valence-electron chi connectivity index (χ2n) is 5.49. The van der Waals surface area contributed by atoms with Crippen LogP contribution in [0.25, 0.3) is 0 Å². The molecule has 1 N–H and O–H groups in total. The largest absolute Gasteiger partial charge is 0.349 e. The molecule has 122 valence electrons. The Hall–Kier alpha value is -2.09. The molecule has 2 aromatic rings. The molecule has 0 bridgehead atoms. The second kappa shape index (κ2) is 5.84. The third-order valence-corrected chi connectivity index (χ3v) is 3.85. The predicted molar refractivity (Wildman–Crippen MR) is 78.0 cm³/mol. The molecule has 1 fully saturated rings. The van der Waals surface area contributed by atoms with Gasteiger partial charge in [-0.05, 0) is 42.3 Å². The van der Waals surface area contributed by atoms with Crippen molar-refractivity contribution < 1.29 is 13.6 Å². The molecule has 1 saturated carbocycles.